The lowest BCUT2D eigenvalue weighted by molar-refractivity contribution is -0.137. The number of methoxy groups -OCH3 is 1. The first-order chi connectivity index (χ1) is 12.3. The van der Waals surface area contributed by atoms with Gasteiger partial charge in [-0.05, 0) is 36.4 Å². The van der Waals surface area contributed by atoms with Gasteiger partial charge in [0.05, 0.1) is 19.2 Å². The fourth-order valence-corrected chi connectivity index (χ4v) is 2.73. The highest BCUT2D eigenvalue weighted by Gasteiger charge is 2.32. The predicted octanol–water partition coefficient (Wildman–Crippen LogP) is 3.59. The number of hydrogen-bond donors (Lipinski definition) is 1. The average molecular weight is 369 g/mol. The van der Waals surface area contributed by atoms with Crippen LogP contribution in [0.3, 0.4) is 0 Å². The van der Waals surface area contributed by atoms with Crippen molar-refractivity contribution >= 4 is 5.91 Å². The molecule has 0 spiro atoms. The van der Waals surface area contributed by atoms with Crippen molar-refractivity contribution in [3.8, 4) is 11.5 Å². The van der Waals surface area contributed by atoms with Crippen LogP contribution >= 0.6 is 0 Å². The van der Waals surface area contributed by atoms with E-state index in [4.69, 9.17) is 9.47 Å². The number of fused-ring (bicyclic) bond motifs is 1. The quantitative estimate of drug-likeness (QED) is 0.838. The van der Waals surface area contributed by atoms with E-state index in [9.17, 15) is 22.4 Å². The molecule has 1 heterocycles. The Hall–Kier alpha value is -2.77. The third-order valence-electron chi connectivity index (χ3n) is 3.99. The van der Waals surface area contributed by atoms with Crippen molar-refractivity contribution < 1.29 is 31.8 Å². The van der Waals surface area contributed by atoms with Gasteiger partial charge in [-0.3, -0.25) is 4.79 Å². The van der Waals surface area contributed by atoms with Gasteiger partial charge in [0, 0.05) is 17.5 Å². The first-order valence-corrected chi connectivity index (χ1v) is 7.76. The normalized spacial score (nSPS) is 16.0. The molecule has 0 radical (unpaired) electrons. The minimum atomic E-state index is -4.73. The van der Waals surface area contributed by atoms with Crippen LogP contribution in [0, 0.1) is 5.82 Å². The van der Waals surface area contributed by atoms with Gasteiger partial charge >= 0.3 is 6.18 Å². The lowest BCUT2D eigenvalue weighted by Gasteiger charge is -2.13. The lowest BCUT2D eigenvalue weighted by Crippen LogP contribution is -2.34. The second-order valence-electron chi connectivity index (χ2n) is 5.85. The van der Waals surface area contributed by atoms with E-state index in [1.807, 2.05) is 6.07 Å². The van der Waals surface area contributed by atoms with E-state index < -0.39 is 29.0 Å². The van der Waals surface area contributed by atoms with Gasteiger partial charge in [-0.2, -0.15) is 13.2 Å². The number of amides is 1. The molecule has 1 N–H and O–H groups in total. The number of nitrogens with one attached hydrogen (secondary N) is 1. The molecule has 1 aliphatic heterocycles. The van der Waals surface area contributed by atoms with E-state index in [2.05, 4.69) is 5.32 Å². The third-order valence-corrected chi connectivity index (χ3v) is 3.99. The second kappa shape index (κ2) is 6.86. The number of halogens is 4. The van der Waals surface area contributed by atoms with Crippen LogP contribution in [-0.4, -0.2) is 25.7 Å². The summed E-state index contributed by atoms with van der Waals surface area (Å²) in [5.41, 5.74) is -0.692. The van der Waals surface area contributed by atoms with Crippen molar-refractivity contribution in [1.29, 1.82) is 0 Å². The summed E-state index contributed by atoms with van der Waals surface area (Å²) in [5.74, 6) is -0.583. The SMILES string of the molecule is COc1ccc2c(c1)C[C@@H](CNC(=O)c1cc(F)cc(C(F)(F)F)c1)O2. The molecule has 0 fully saturated rings. The molecule has 4 nitrogen and oxygen atoms in total. The van der Waals surface area contributed by atoms with Crippen molar-refractivity contribution in [3.05, 3.63) is 58.9 Å². The highest BCUT2D eigenvalue weighted by atomic mass is 19.4. The van der Waals surface area contributed by atoms with Crippen LogP contribution in [0.2, 0.25) is 0 Å². The van der Waals surface area contributed by atoms with E-state index in [-0.39, 0.29) is 12.6 Å². The maximum atomic E-state index is 13.4. The zero-order valence-corrected chi connectivity index (χ0v) is 13.7. The molecule has 0 aliphatic carbocycles. The van der Waals surface area contributed by atoms with E-state index in [1.54, 1.807) is 19.2 Å². The molecule has 8 heteroatoms. The second-order valence-corrected chi connectivity index (χ2v) is 5.85. The van der Waals surface area contributed by atoms with Gasteiger partial charge < -0.3 is 14.8 Å². The van der Waals surface area contributed by atoms with Crippen molar-refractivity contribution in [3.63, 3.8) is 0 Å². The van der Waals surface area contributed by atoms with Crippen LogP contribution < -0.4 is 14.8 Å². The highest BCUT2D eigenvalue weighted by Crippen LogP contribution is 2.32. The van der Waals surface area contributed by atoms with E-state index in [0.717, 1.165) is 11.6 Å². The lowest BCUT2D eigenvalue weighted by atomic mass is 10.1. The van der Waals surface area contributed by atoms with Gasteiger partial charge in [-0.1, -0.05) is 0 Å². The minimum absolute atomic E-state index is 0.0771. The van der Waals surface area contributed by atoms with Crippen LogP contribution in [0.4, 0.5) is 17.6 Å². The fraction of sp³-hybridized carbons (Fsp3) is 0.278. The molecule has 0 aromatic heterocycles. The number of carbonyl (C=O) groups excluding carboxylic acids is 1. The standard InChI is InChI=1S/C18H15F4NO3/c1-25-14-2-3-16-10(6-14)7-15(26-16)9-23-17(24)11-4-12(18(20,21)22)8-13(19)5-11/h2-6,8,15H,7,9H2,1H3,(H,23,24)/t15-/m0/s1. The molecule has 26 heavy (non-hydrogen) atoms. The van der Waals surface area contributed by atoms with Gasteiger partial charge in [-0.15, -0.1) is 0 Å². The smallest absolute Gasteiger partial charge is 0.416 e. The van der Waals surface area contributed by atoms with Crippen LogP contribution in [0.1, 0.15) is 21.5 Å². The molecule has 1 atom stereocenters. The summed E-state index contributed by atoms with van der Waals surface area (Å²) in [6.07, 6.45) is -4.58. The Bertz CT molecular complexity index is 836. The van der Waals surface area contributed by atoms with Gasteiger partial charge in [0.15, 0.2) is 0 Å². The first-order valence-electron chi connectivity index (χ1n) is 7.76. The van der Waals surface area contributed by atoms with Crippen molar-refractivity contribution in [2.75, 3.05) is 13.7 Å². The molecule has 0 saturated heterocycles. The number of carbonyl (C=O) groups is 1. The molecule has 3 rings (SSSR count). The predicted molar refractivity (Wildman–Crippen MR) is 84.8 cm³/mol. The van der Waals surface area contributed by atoms with Crippen molar-refractivity contribution in [2.45, 2.75) is 18.7 Å². The van der Waals surface area contributed by atoms with E-state index >= 15 is 0 Å². The van der Waals surface area contributed by atoms with Gasteiger partial charge in [0.1, 0.15) is 23.4 Å². The van der Waals surface area contributed by atoms with E-state index in [1.165, 1.54) is 0 Å². The number of hydrogen-bond acceptors (Lipinski definition) is 3. The number of ether oxygens (including phenoxy) is 2. The van der Waals surface area contributed by atoms with E-state index in [0.29, 0.717) is 30.1 Å². The topological polar surface area (TPSA) is 47.6 Å². The Morgan fingerprint density at radius 1 is 1.27 bits per heavy atom. The Morgan fingerprint density at radius 3 is 2.73 bits per heavy atom. The van der Waals surface area contributed by atoms with Crippen LogP contribution in [0.5, 0.6) is 11.5 Å². The van der Waals surface area contributed by atoms with Crippen LogP contribution in [-0.2, 0) is 12.6 Å². The minimum Gasteiger partial charge on any atom is -0.497 e. The molecule has 2 aromatic carbocycles. The van der Waals surface area contributed by atoms with Crippen LogP contribution in [0.25, 0.3) is 0 Å². The molecule has 2 aromatic rings. The average Bonchev–Trinajstić information content (AvgIpc) is 3.00. The first kappa shape index (κ1) is 18.0. The maximum Gasteiger partial charge on any atom is 0.416 e. The number of rotatable bonds is 4. The summed E-state index contributed by atoms with van der Waals surface area (Å²) in [4.78, 5) is 12.1. The molecule has 1 aliphatic rings. The summed E-state index contributed by atoms with van der Waals surface area (Å²) in [5, 5.41) is 2.48. The molecule has 0 bridgehead atoms. The summed E-state index contributed by atoms with van der Waals surface area (Å²) in [6, 6.07) is 7.04. The van der Waals surface area contributed by atoms with Gasteiger partial charge in [-0.25, -0.2) is 4.39 Å². The molecular formula is C18H15F4NO3. The van der Waals surface area contributed by atoms with Gasteiger partial charge in [0.2, 0.25) is 0 Å². The van der Waals surface area contributed by atoms with Crippen LogP contribution in [0.15, 0.2) is 36.4 Å². The highest BCUT2D eigenvalue weighted by molar-refractivity contribution is 5.94. The summed E-state index contributed by atoms with van der Waals surface area (Å²) in [7, 11) is 1.55. The molecule has 0 unspecified atom stereocenters. The van der Waals surface area contributed by atoms with Crippen molar-refractivity contribution in [1.82, 2.24) is 5.32 Å². The maximum absolute atomic E-state index is 13.4. The molecular weight excluding hydrogens is 354 g/mol. The Balaban J connectivity index is 1.64. The molecule has 1 amide bonds. The Kier molecular flexibility index (Phi) is 4.76. The summed E-state index contributed by atoms with van der Waals surface area (Å²) in [6.45, 7) is 0.0771. The van der Waals surface area contributed by atoms with Crippen molar-refractivity contribution in [2.24, 2.45) is 0 Å². The van der Waals surface area contributed by atoms with Gasteiger partial charge in [0.25, 0.3) is 5.91 Å². The molecule has 0 saturated carbocycles. The third kappa shape index (κ3) is 3.89. The fourth-order valence-electron chi connectivity index (χ4n) is 2.73. The number of benzene rings is 2. The molecule has 138 valence electrons. The zero-order chi connectivity index (χ0) is 18.9. The summed E-state index contributed by atoms with van der Waals surface area (Å²) < 4.78 is 62.4. The zero-order valence-electron chi connectivity index (χ0n) is 13.7. The monoisotopic (exact) mass is 369 g/mol. The number of alkyl halides is 3. The summed E-state index contributed by atoms with van der Waals surface area (Å²) >= 11 is 0. The Labute approximate surface area is 146 Å². The Morgan fingerprint density at radius 2 is 2.04 bits per heavy atom. The largest absolute Gasteiger partial charge is 0.497 e.